The van der Waals surface area contributed by atoms with Crippen LogP contribution in [0.15, 0.2) is 30.3 Å². The van der Waals surface area contributed by atoms with Crippen LogP contribution in [0, 0.1) is 0 Å². The molecule has 134 valence electrons. The number of benzene rings is 1. The first kappa shape index (κ1) is 22.0. The molecule has 0 saturated carbocycles. The topological polar surface area (TPSA) is 121 Å². The Kier molecular flexibility index (Phi) is 8.88. The van der Waals surface area contributed by atoms with Crippen molar-refractivity contribution in [3.05, 3.63) is 35.9 Å². The Hall–Kier alpha value is -1.04. The van der Waals surface area contributed by atoms with Crippen molar-refractivity contribution in [2.45, 2.75) is 27.3 Å². The summed E-state index contributed by atoms with van der Waals surface area (Å²) < 4.78 is 58.1. The zero-order chi connectivity index (χ0) is 18.1. The highest BCUT2D eigenvalue weighted by atomic mass is 32.3. The number of hydrogen-bond donors (Lipinski definition) is 1. The smallest absolute Gasteiger partial charge is 0.411 e. The maximum Gasteiger partial charge on any atom is 0.411 e. The Balaban J connectivity index is 0.000000468. The van der Waals surface area contributed by atoms with Gasteiger partial charge < -0.3 is 9.04 Å². The Bertz CT molecular complexity index is 615. The molecule has 0 aliphatic rings. The fourth-order valence-electron chi connectivity index (χ4n) is 2.08. The predicted octanol–water partition coefficient (Wildman–Crippen LogP) is 1.33. The molecule has 0 bridgehead atoms. The van der Waals surface area contributed by atoms with Gasteiger partial charge in [-0.3, -0.25) is 4.55 Å². The maximum atomic E-state index is 9.40. The average Bonchev–Trinajstić information content (AvgIpc) is 2.43. The molecule has 0 unspecified atom stereocenters. The molecule has 0 aromatic heterocycles. The normalized spacial score (nSPS) is 12.4. The van der Waals surface area contributed by atoms with Gasteiger partial charge in [0.2, 0.25) is 10.4 Å². The summed E-state index contributed by atoms with van der Waals surface area (Å²) in [5.41, 5.74) is 1.46. The lowest BCUT2D eigenvalue weighted by Crippen LogP contribution is -2.46. The van der Waals surface area contributed by atoms with Gasteiger partial charge >= 0.3 is 10.4 Å². The van der Waals surface area contributed by atoms with Crippen LogP contribution in [0.25, 0.3) is 0 Å². The van der Waals surface area contributed by atoms with Crippen molar-refractivity contribution in [3.8, 4) is 0 Å². The summed E-state index contributed by atoms with van der Waals surface area (Å²) in [7, 11) is -10.6. The minimum atomic E-state index is -5.37. The lowest BCUT2D eigenvalue weighted by Gasteiger charge is -2.35. The summed E-state index contributed by atoms with van der Waals surface area (Å²) in [6.07, 6.45) is 0. The van der Waals surface area contributed by atoms with E-state index in [0.29, 0.717) is 0 Å². The van der Waals surface area contributed by atoms with E-state index in [1.54, 1.807) is 0 Å². The van der Waals surface area contributed by atoms with Crippen LogP contribution in [0.5, 0.6) is 0 Å². The van der Waals surface area contributed by atoms with E-state index in [1.165, 1.54) is 36.2 Å². The highest BCUT2D eigenvalue weighted by Gasteiger charge is 2.20. The monoisotopic (exact) mass is 369 g/mol. The first-order valence-corrected chi connectivity index (χ1v) is 9.70. The van der Waals surface area contributed by atoms with E-state index in [-0.39, 0.29) is 0 Å². The van der Waals surface area contributed by atoms with Crippen LogP contribution in [-0.2, 0) is 31.0 Å². The van der Waals surface area contributed by atoms with Crippen molar-refractivity contribution < 1.29 is 34.1 Å². The van der Waals surface area contributed by atoms with Gasteiger partial charge in [-0.2, -0.15) is 8.42 Å². The van der Waals surface area contributed by atoms with Gasteiger partial charge in [-0.15, -0.1) is 3.63 Å². The molecule has 8 nitrogen and oxygen atoms in total. The Morgan fingerprint density at radius 1 is 1.00 bits per heavy atom. The van der Waals surface area contributed by atoms with Gasteiger partial charge in [0.1, 0.15) is 6.54 Å². The highest BCUT2D eigenvalue weighted by molar-refractivity contribution is 7.94. The van der Waals surface area contributed by atoms with Gasteiger partial charge in [-0.05, 0) is 20.8 Å². The molecule has 0 radical (unpaired) electrons. The van der Waals surface area contributed by atoms with E-state index in [1.807, 2.05) is 0 Å². The standard InChI is InChI=1S/C13H22N.H2O7S2/c1-4-14(5-2,6-3)12-13-10-8-7-9-11-13;1-8(2,3)7-9(4,5)6/h7-11H,4-6,12H2,1-3H3;(H,1,2,3)(H,4,5,6)/q+1;/p-1. The van der Waals surface area contributed by atoms with Crippen molar-refractivity contribution >= 4 is 20.8 Å². The molecule has 0 spiro atoms. The Morgan fingerprint density at radius 3 is 1.70 bits per heavy atom. The molecule has 0 fully saturated rings. The molecule has 0 heterocycles. The third-order valence-electron chi connectivity index (χ3n) is 3.54. The van der Waals surface area contributed by atoms with Gasteiger partial charge in [0, 0.05) is 5.56 Å². The third kappa shape index (κ3) is 10.4. The highest BCUT2D eigenvalue weighted by Crippen LogP contribution is 2.13. The van der Waals surface area contributed by atoms with E-state index >= 15 is 0 Å². The minimum absolute atomic E-state index is 1.17. The van der Waals surface area contributed by atoms with Gasteiger partial charge in [0.25, 0.3) is 0 Å². The SMILES string of the molecule is CC[N+](CC)(CC)Cc1ccccc1.O=S(=O)([O-])OS(=O)(=O)O. The van der Waals surface area contributed by atoms with Crippen molar-refractivity contribution in [2.24, 2.45) is 0 Å². The summed E-state index contributed by atoms with van der Waals surface area (Å²) in [5, 5.41) is 0. The van der Waals surface area contributed by atoms with Gasteiger partial charge in [0.05, 0.1) is 19.6 Å². The van der Waals surface area contributed by atoms with Crippen LogP contribution in [0.2, 0.25) is 0 Å². The molecular formula is C13H23NO7S2. The first-order chi connectivity index (χ1) is 10.5. The zero-order valence-corrected chi connectivity index (χ0v) is 15.0. The Morgan fingerprint density at radius 2 is 1.43 bits per heavy atom. The van der Waals surface area contributed by atoms with E-state index < -0.39 is 20.8 Å². The summed E-state index contributed by atoms with van der Waals surface area (Å²) in [4.78, 5) is 0. The number of rotatable bonds is 7. The van der Waals surface area contributed by atoms with Crippen LogP contribution < -0.4 is 0 Å². The summed E-state index contributed by atoms with van der Waals surface area (Å²) in [6, 6.07) is 10.8. The van der Waals surface area contributed by atoms with E-state index in [4.69, 9.17) is 4.55 Å². The average molecular weight is 369 g/mol. The second-order valence-electron chi connectivity index (χ2n) is 4.84. The van der Waals surface area contributed by atoms with Crippen LogP contribution in [0.3, 0.4) is 0 Å². The minimum Gasteiger partial charge on any atom is -0.725 e. The molecule has 0 amide bonds. The quantitative estimate of drug-likeness (QED) is 0.437. The fraction of sp³-hybridized carbons (Fsp3) is 0.538. The molecule has 0 aliphatic carbocycles. The second kappa shape index (κ2) is 9.30. The number of hydrogen-bond acceptors (Lipinski definition) is 6. The predicted molar refractivity (Wildman–Crippen MR) is 84.4 cm³/mol. The lowest BCUT2D eigenvalue weighted by molar-refractivity contribution is -0.936. The van der Waals surface area contributed by atoms with Crippen LogP contribution >= 0.6 is 0 Å². The van der Waals surface area contributed by atoms with Gasteiger partial charge in [0.15, 0.2) is 0 Å². The second-order valence-corrected chi connectivity index (χ2v) is 7.05. The van der Waals surface area contributed by atoms with Crippen LogP contribution in [0.4, 0.5) is 0 Å². The molecule has 1 rings (SSSR count). The largest absolute Gasteiger partial charge is 0.725 e. The summed E-state index contributed by atoms with van der Waals surface area (Å²) >= 11 is 0. The van der Waals surface area contributed by atoms with Gasteiger partial charge in [-0.1, -0.05) is 30.3 Å². The molecule has 1 N–H and O–H groups in total. The molecular weight excluding hydrogens is 346 g/mol. The Labute approximate surface area is 138 Å². The molecule has 0 saturated heterocycles. The molecule has 23 heavy (non-hydrogen) atoms. The van der Waals surface area contributed by atoms with Crippen LogP contribution in [0.1, 0.15) is 26.3 Å². The number of nitrogens with zero attached hydrogens (tertiary/aromatic N) is 1. The van der Waals surface area contributed by atoms with Crippen molar-refractivity contribution in [2.75, 3.05) is 19.6 Å². The zero-order valence-electron chi connectivity index (χ0n) is 13.4. The summed E-state index contributed by atoms with van der Waals surface area (Å²) in [6.45, 7) is 11.7. The first-order valence-electron chi connectivity index (χ1n) is 7.00. The van der Waals surface area contributed by atoms with E-state index in [2.05, 4.69) is 54.7 Å². The molecule has 1 aromatic carbocycles. The molecule has 0 aliphatic heterocycles. The van der Waals surface area contributed by atoms with Crippen molar-refractivity contribution in [1.82, 2.24) is 0 Å². The van der Waals surface area contributed by atoms with E-state index in [0.717, 1.165) is 0 Å². The van der Waals surface area contributed by atoms with Crippen molar-refractivity contribution in [3.63, 3.8) is 0 Å². The van der Waals surface area contributed by atoms with Crippen molar-refractivity contribution in [1.29, 1.82) is 0 Å². The van der Waals surface area contributed by atoms with Gasteiger partial charge in [-0.25, -0.2) is 8.42 Å². The number of quaternary nitrogens is 1. The molecule has 10 heteroatoms. The van der Waals surface area contributed by atoms with E-state index in [9.17, 15) is 21.4 Å². The fourth-order valence-corrected chi connectivity index (χ4v) is 2.92. The third-order valence-corrected chi connectivity index (χ3v) is 4.90. The molecule has 0 atom stereocenters. The summed E-state index contributed by atoms with van der Waals surface area (Å²) in [5.74, 6) is 0. The maximum absolute atomic E-state index is 9.40. The molecule has 1 aromatic rings. The lowest BCUT2D eigenvalue weighted by atomic mass is 10.2. The van der Waals surface area contributed by atoms with Crippen LogP contribution in [-0.4, -0.2) is 50.1 Å².